The molecule has 0 amide bonds. The number of likely N-dealkylation sites (tertiary alicyclic amines) is 1. The van der Waals surface area contributed by atoms with Gasteiger partial charge >= 0.3 is 0 Å². The number of hydrogen-bond acceptors (Lipinski definition) is 3. The van der Waals surface area contributed by atoms with E-state index in [9.17, 15) is 0 Å². The first-order valence-corrected chi connectivity index (χ1v) is 9.06. The fraction of sp³-hybridized carbons (Fsp3) is 0.333. The lowest BCUT2D eigenvalue weighted by Crippen LogP contribution is -2.34. The fourth-order valence-corrected chi connectivity index (χ4v) is 3.66. The first-order chi connectivity index (χ1) is 12.4. The van der Waals surface area contributed by atoms with Gasteiger partial charge in [0.2, 0.25) is 0 Å². The summed E-state index contributed by atoms with van der Waals surface area (Å²) in [6.07, 6.45) is 10.3. The summed E-state index contributed by atoms with van der Waals surface area (Å²) in [5, 5.41) is 0. The second kappa shape index (κ2) is 7.62. The van der Waals surface area contributed by atoms with Crippen LogP contribution in [0.25, 0.3) is 11.4 Å². The van der Waals surface area contributed by atoms with Crippen LogP contribution in [0.4, 0.5) is 0 Å². The monoisotopic (exact) mass is 332 g/mol. The molecule has 4 rings (SSSR count). The highest BCUT2D eigenvalue weighted by molar-refractivity contribution is 5.55. The lowest BCUT2D eigenvalue weighted by Gasteiger charge is -2.32. The molecule has 1 aromatic carbocycles. The van der Waals surface area contributed by atoms with E-state index >= 15 is 0 Å². The van der Waals surface area contributed by atoms with Crippen molar-refractivity contribution in [3.63, 3.8) is 0 Å². The molecule has 1 aliphatic rings. The highest BCUT2D eigenvalue weighted by Crippen LogP contribution is 2.24. The summed E-state index contributed by atoms with van der Waals surface area (Å²) in [4.78, 5) is 11.3. The molecule has 0 N–H and O–H groups in total. The first kappa shape index (κ1) is 16.0. The highest BCUT2D eigenvalue weighted by Gasteiger charge is 2.20. The number of nitrogens with zero attached hydrogens (tertiary/aromatic N) is 4. The molecule has 0 unspecified atom stereocenters. The van der Waals surface area contributed by atoms with Gasteiger partial charge in [0.1, 0.15) is 5.82 Å². The van der Waals surface area contributed by atoms with Crippen molar-refractivity contribution in [2.75, 3.05) is 13.1 Å². The number of benzene rings is 1. The maximum atomic E-state index is 4.57. The molecule has 0 atom stereocenters. The van der Waals surface area contributed by atoms with Crippen LogP contribution in [0.3, 0.4) is 0 Å². The molecule has 25 heavy (non-hydrogen) atoms. The predicted octanol–water partition coefficient (Wildman–Crippen LogP) is 3.86. The van der Waals surface area contributed by atoms with E-state index in [1.54, 1.807) is 0 Å². The maximum absolute atomic E-state index is 4.57. The van der Waals surface area contributed by atoms with Gasteiger partial charge in [-0.2, -0.15) is 0 Å². The van der Waals surface area contributed by atoms with E-state index in [0.29, 0.717) is 0 Å². The molecule has 1 fully saturated rings. The Bertz CT molecular complexity index is 774. The molecule has 4 heteroatoms. The number of aromatic nitrogens is 3. The molecule has 1 aliphatic heterocycles. The topological polar surface area (TPSA) is 34.0 Å². The van der Waals surface area contributed by atoms with Crippen LogP contribution in [-0.4, -0.2) is 32.5 Å². The fourth-order valence-electron chi connectivity index (χ4n) is 3.66. The number of rotatable bonds is 5. The second-order valence-corrected chi connectivity index (χ2v) is 6.85. The molecule has 0 aliphatic carbocycles. The predicted molar refractivity (Wildman–Crippen MR) is 99.9 cm³/mol. The molecule has 3 aromatic rings. The molecule has 4 nitrogen and oxygen atoms in total. The second-order valence-electron chi connectivity index (χ2n) is 6.85. The van der Waals surface area contributed by atoms with Crippen molar-refractivity contribution in [3.05, 3.63) is 72.8 Å². The molecule has 0 saturated carbocycles. The van der Waals surface area contributed by atoms with E-state index in [0.717, 1.165) is 37.9 Å². The Kier molecular flexibility index (Phi) is 4.89. The van der Waals surface area contributed by atoms with E-state index < -0.39 is 0 Å². The summed E-state index contributed by atoms with van der Waals surface area (Å²) in [6, 6.07) is 14.7. The van der Waals surface area contributed by atoms with Gasteiger partial charge in [0.15, 0.2) is 0 Å². The van der Waals surface area contributed by atoms with Crippen LogP contribution in [0.15, 0.2) is 67.3 Å². The third-order valence-electron chi connectivity index (χ3n) is 5.04. The summed E-state index contributed by atoms with van der Waals surface area (Å²) >= 11 is 0. The summed E-state index contributed by atoms with van der Waals surface area (Å²) in [6.45, 7) is 4.40. The Morgan fingerprint density at radius 2 is 1.80 bits per heavy atom. The van der Waals surface area contributed by atoms with Crippen molar-refractivity contribution in [2.45, 2.75) is 25.9 Å². The molecule has 0 radical (unpaired) electrons. The van der Waals surface area contributed by atoms with Crippen molar-refractivity contribution in [2.24, 2.45) is 5.92 Å². The molecule has 0 bridgehead atoms. The summed E-state index contributed by atoms with van der Waals surface area (Å²) in [5.74, 6) is 1.81. The normalized spacial score (nSPS) is 16.2. The van der Waals surface area contributed by atoms with Crippen LogP contribution >= 0.6 is 0 Å². The average molecular weight is 332 g/mol. The molecule has 2 aromatic heterocycles. The SMILES string of the molecule is c1ccc(-c2nccn2CC2CCN(Cc3cccnc3)CC2)cc1. The summed E-state index contributed by atoms with van der Waals surface area (Å²) in [5.41, 5.74) is 2.50. The Hall–Kier alpha value is -2.46. The van der Waals surface area contributed by atoms with Crippen molar-refractivity contribution < 1.29 is 0 Å². The van der Waals surface area contributed by atoms with E-state index in [4.69, 9.17) is 0 Å². The van der Waals surface area contributed by atoms with Crippen molar-refractivity contribution >= 4 is 0 Å². The molecular formula is C21H24N4. The lowest BCUT2D eigenvalue weighted by atomic mass is 9.96. The summed E-state index contributed by atoms with van der Waals surface area (Å²) < 4.78 is 2.32. The molecule has 0 spiro atoms. The largest absolute Gasteiger partial charge is 0.331 e. The van der Waals surface area contributed by atoms with Crippen molar-refractivity contribution in [3.8, 4) is 11.4 Å². The summed E-state index contributed by atoms with van der Waals surface area (Å²) in [7, 11) is 0. The van der Waals surface area contributed by atoms with Gasteiger partial charge in [0.05, 0.1) is 0 Å². The van der Waals surface area contributed by atoms with Crippen molar-refractivity contribution in [1.82, 2.24) is 19.4 Å². The molecular weight excluding hydrogens is 308 g/mol. The van der Waals surface area contributed by atoms with Crippen LogP contribution in [0.2, 0.25) is 0 Å². The molecule has 1 saturated heterocycles. The van der Waals surface area contributed by atoms with Crippen molar-refractivity contribution in [1.29, 1.82) is 0 Å². The van der Waals surface area contributed by atoms with Gasteiger partial charge in [-0.25, -0.2) is 4.98 Å². The van der Waals surface area contributed by atoms with E-state index in [1.165, 1.54) is 24.0 Å². The van der Waals surface area contributed by atoms with Crippen LogP contribution in [-0.2, 0) is 13.1 Å². The zero-order valence-corrected chi connectivity index (χ0v) is 14.5. The van der Waals surface area contributed by atoms with Gasteiger partial charge in [0, 0.05) is 43.4 Å². The number of pyridine rings is 1. The van der Waals surface area contributed by atoms with E-state index in [-0.39, 0.29) is 0 Å². The van der Waals surface area contributed by atoms with Crippen LogP contribution in [0.1, 0.15) is 18.4 Å². The van der Waals surface area contributed by atoms with Gasteiger partial charge in [-0.05, 0) is 43.5 Å². The van der Waals surface area contributed by atoms with Gasteiger partial charge in [0.25, 0.3) is 0 Å². The van der Waals surface area contributed by atoms with Crippen LogP contribution in [0.5, 0.6) is 0 Å². The van der Waals surface area contributed by atoms with Gasteiger partial charge in [-0.1, -0.05) is 36.4 Å². The minimum absolute atomic E-state index is 0.724. The van der Waals surface area contributed by atoms with Crippen LogP contribution in [0, 0.1) is 5.92 Å². The average Bonchev–Trinajstić information content (AvgIpc) is 3.13. The standard InChI is InChI=1S/C21H24N4/c1-2-6-20(7-3-1)21-23-11-14-25(21)17-18-8-12-24(13-9-18)16-19-5-4-10-22-15-19/h1-7,10-11,14-15,18H,8-9,12-13,16-17H2. The number of hydrogen-bond donors (Lipinski definition) is 0. The Labute approximate surface area is 149 Å². The van der Waals surface area contributed by atoms with Gasteiger partial charge in [-0.15, -0.1) is 0 Å². The molecule has 3 heterocycles. The minimum Gasteiger partial charge on any atom is -0.331 e. The van der Waals surface area contributed by atoms with Crippen LogP contribution < -0.4 is 0 Å². The Morgan fingerprint density at radius 3 is 2.56 bits per heavy atom. The Morgan fingerprint density at radius 1 is 0.960 bits per heavy atom. The van der Waals surface area contributed by atoms with E-state index in [2.05, 4.69) is 62.0 Å². The first-order valence-electron chi connectivity index (χ1n) is 9.06. The zero-order chi connectivity index (χ0) is 16.9. The van der Waals surface area contributed by atoms with Gasteiger partial charge in [-0.3, -0.25) is 9.88 Å². The third-order valence-corrected chi connectivity index (χ3v) is 5.04. The number of piperidine rings is 1. The van der Waals surface area contributed by atoms with Gasteiger partial charge < -0.3 is 4.57 Å². The minimum atomic E-state index is 0.724. The quantitative estimate of drug-likeness (QED) is 0.711. The third kappa shape index (κ3) is 3.97. The zero-order valence-electron chi connectivity index (χ0n) is 14.5. The highest BCUT2D eigenvalue weighted by atomic mass is 15.1. The smallest absolute Gasteiger partial charge is 0.139 e. The number of imidazole rings is 1. The van der Waals surface area contributed by atoms with E-state index in [1.807, 2.05) is 24.7 Å². The lowest BCUT2D eigenvalue weighted by molar-refractivity contribution is 0.167. The molecule has 128 valence electrons. The Balaban J connectivity index is 1.34. The maximum Gasteiger partial charge on any atom is 0.139 e.